The molecule has 0 amide bonds. The summed E-state index contributed by atoms with van der Waals surface area (Å²) >= 11 is 0. The van der Waals surface area contributed by atoms with E-state index in [1.807, 2.05) is 12.1 Å². The number of rotatable bonds is 2. The average molecular weight is 270 g/mol. The first-order valence-corrected chi connectivity index (χ1v) is 7.63. The second kappa shape index (κ2) is 5.84. The lowest BCUT2D eigenvalue weighted by molar-refractivity contribution is 0.166. The fourth-order valence-electron chi connectivity index (χ4n) is 3.34. The molecule has 0 fully saturated rings. The molecule has 20 heavy (non-hydrogen) atoms. The normalized spacial score (nSPS) is 23.6. The molecule has 1 aromatic carbocycles. The molecule has 0 bridgehead atoms. The van der Waals surface area contributed by atoms with Gasteiger partial charge in [0.1, 0.15) is 5.75 Å². The van der Waals surface area contributed by atoms with Crippen LogP contribution in [0.3, 0.4) is 0 Å². The first-order valence-electron chi connectivity index (χ1n) is 7.63. The molecular weight excluding hydrogens is 248 g/mol. The highest BCUT2D eigenvalue weighted by Gasteiger charge is 2.23. The van der Waals surface area contributed by atoms with E-state index in [4.69, 9.17) is 0 Å². The Bertz CT molecular complexity index is 537. The summed E-state index contributed by atoms with van der Waals surface area (Å²) in [4.78, 5) is 0. The van der Waals surface area contributed by atoms with E-state index < -0.39 is 0 Å². The van der Waals surface area contributed by atoms with E-state index in [-0.39, 0.29) is 6.10 Å². The lowest BCUT2D eigenvalue weighted by Crippen LogP contribution is -2.16. The van der Waals surface area contributed by atoms with Crippen LogP contribution in [0.2, 0.25) is 0 Å². The minimum absolute atomic E-state index is 0.230. The molecule has 3 rings (SSSR count). The number of aromatic hydroxyl groups is 1. The van der Waals surface area contributed by atoms with E-state index in [9.17, 15) is 10.2 Å². The molecule has 0 radical (unpaired) electrons. The van der Waals surface area contributed by atoms with Crippen molar-refractivity contribution in [2.75, 3.05) is 0 Å². The number of aliphatic hydroxyl groups is 1. The first kappa shape index (κ1) is 13.4. The van der Waals surface area contributed by atoms with Crippen molar-refractivity contribution < 1.29 is 10.2 Å². The van der Waals surface area contributed by atoms with Gasteiger partial charge in [-0.25, -0.2) is 0 Å². The minimum Gasteiger partial charge on any atom is -0.508 e. The monoisotopic (exact) mass is 270 g/mol. The van der Waals surface area contributed by atoms with Crippen molar-refractivity contribution in [3.05, 3.63) is 47.1 Å². The zero-order valence-corrected chi connectivity index (χ0v) is 11.8. The van der Waals surface area contributed by atoms with Crippen LogP contribution in [0, 0.1) is 0 Å². The van der Waals surface area contributed by atoms with Crippen molar-refractivity contribution in [2.45, 2.75) is 51.0 Å². The lowest BCUT2D eigenvalue weighted by atomic mass is 9.80. The SMILES string of the molecule is Oc1ccc(C2=C(C3=CCCCC3)CCC(O)C2)cc1. The molecule has 2 nitrogen and oxygen atoms in total. The Morgan fingerprint density at radius 3 is 2.45 bits per heavy atom. The Labute approximate surface area is 120 Å². The lowest BCUT2D eigenvalue weighted by Gasteiger charge is -2.27. The van der Waals surface area contributed by atoms with Crippen molar-refractivity contribution in [1.29, 1.82) is 0 Å². The van der Waals surface area contributed by atoms with Gasteiger partial charge in [-0.2, -0.15) is 0 Å². The van der Waals surface area contributed by atoms with Crippen LogP contribution in [0.1, 0.15) is 50.5 Å². The summed E-state index contributed by atoms with van der Waals surface area (Å²) < 4.78 is 0. The highest BCUT2D eigenvalue weighted by Crippen LogP contribution is 2.39. The van der Waals surface area contributed by atoms with Crippen LogP contribution in [0.5, 0.6) is 5.75 Å². The van der Waals surface area contributed by atoms with Crippen molar-refractivity contribution in [3.63, 3.8) is 0 Å². The van der Waals surface area contributed by atoms with Gasteiger partial charge in [0, 0.05) is 0 Å². The molecule has 1 atom stereocenters. The number of phenolic OH excluding ortho intramolecular Hbond substituents is 1. The zero-order chi connectivity index (χ0) is 13.9. The van der Waals surface area contributed by atoms with Crippen molar-refractivity contribution >= 4 is 5.57 Å². The molecule has 1 aromatic rings. The first-order chi connectivity index (χ1) is 9.74. The summed E-state index contributed by atoms with van der Waals surface area (Å²) in [7, 11) is 0. The number of aliphatic hydroxyl groups excluding tert-OH is 1. The van der Waals surface area contributed by atoms with Gasteiger partial charge < -0.3 is 10.2 Å². The fraction of sp³-hybridized carbons (Fsp3) is 0.444. The molecule has 0 heterocycles. The standard InChI is InChI=1S/C18H22O2/c19-15-8-6-14(7-9-15)18-12-16(20)10-11-17(18)13-4-2-1-3-5-13/h4,6-9,16,19-20H,1-3,5,10-12H2. The third-order valence-corrected chi connectivity index (χ3v) is 4.43. The van der Waals surface area contributed by atoms with Gasteiger partial charge in [-0.1, -0.05) is 18.2 Å². The zero-order valence-electron chi connectivity index (χ0n) is 11.8. The maximum Gasteiger partial charge on any atom is 0.115 e. The number of allylic oxidation sites excluding steroid dienone is 3. The van der Waals surface area contributed by atoms with Gasteiger partial charge >= 0.3 is 0 Å². The van der Waals surface area contributed by atoms with Crippen LogP contribution in [0.25, 0.3) is 5.57 Å². The molecule has 2 aliphatic carbocycles. The summed E-state index contributed by atoms with van der Waals surface area (Å²) in [5.41, 5.74) is 5.35. The fourth-order valence-corrected chi connectivity index (χ4v) is 3.34. The van der Waals surface area contributed by atoms with E-state index in [1.165, 1.54) is 42.4 Å². The molecular formula is C18H22O2. The van der Waals surface area contributed by atoms with Crippen LogP contribution >= 0.6 is 0 Å². The van der Waals surface area contributed by atoms with Crippen LogP contribution in [-0.2, 0) is 0 Å². The third kappa shape index (κ3) is 2.80. The van der Waals surface area contributed by atoms with Gasteiger partial charge in [0.05, 0.1) is 6.10 Å². The molecule has 2 aliphatic rings. The Hall–Kier alpha value is -1.54. The predicted molar refractivity (Wildman–Crippen MR) is 81.4 cm³/mol. The second-order valence-corrected chi connectivity index (χ2v) is 5.88. The summed E-state index contributed by atoms with van der Waals surface area (Å²) in [6.45, 7) is 0. The van der Waals surface area contributed by atoms with Gasteiger partial charge in [-0.15, -0.1) is 0 Å². The van der Waals surface area contributed by atoms with Gasteiger partial charge in [-0.05, 0) is 79.4 Å². The third-order valence-electron chi connectivity index (χ3n) is 4.43. The summed E-state index contributed by atoms with van der Waals surface area (Å²) in [5, 5.41) is 19.5. The predicted octanol–water partition coefficient (Wildman–Crippen LogP) is 4.19. The van der Waals surface area contributed by atoms with E-state index in [0.29, 0.717) is 5.75 Å². The minimum atomic E-state index is -0.230. The second-order valence-electron chi connectivity index (χ2n) is 5.88. The summed E-state index contributed by atoms with van der Waals surface area (Å²) in [5.74, 6) is 0.295. The number of hydrogen-bond donors (Lipinski definition) is 2. The smallest absolute Gasteiger partial charge is 0.115 e. The molecule has 106 valence electrons. The van der Waals surface area contributed by atoms with Crippen LogP contribution in [0.15, 0.2) is 41.5 Å². The summed E-state index contributed by atoms with van der Waals surface area (Å²) in [6, 6.07) is 7.39. The number of benzene rings is 1. The Morgan fingerprint density at radius 1 is 0.950 bits per heavy atom. The Kier molecular flexibility index (Phi) is 3.93. The van der Waals surface area contributed by atoms with Crippen molar-refractivity contribution in [1.82, 2.24) is 0 Å². The average Bonchev–Trinajstić information content (AvgIpc) is 2.49. The maximum atomic E-state index is 10.0. The van der Waals surface area contributed by atoms with Crippen molar-refractivity contribution in [3.8, 4) is 5.75 Å². The van der Waals surface area contributed by atoms with E-state index in [0.717, 1.165) is 24.8 Å². The largest absolute Gasteiger partial charge is 0.508 e. The van der Waals surface area contributed by atoms with Gasteiger partial charge in [-0.3, -0.25) is 0 Å². The molecule has 0 saturated heterocycles. The Balaban J connectivity index is 2.01. The number of hydrogen-bond acceptors (Lipinski definition) is 2. The van der Waals surface area contributed by atoms with E-state index in [1.54, 1.807) is 12.1 Å². The quantitative estimate of drug-likeness (QED) is 0.846. The topological polar surface area (TPSA) is 40.5 Å². The Morgan fingerprint density at radius 2 is 1.75 bits per heavy atom. The van der Waals surface area contributed by atoms with Crippen molar-refractivity contribution in [2.24, 2.45) is 0 Å². The van der Waals surface area contributed by atoms with E-state index >= 15 is 0 Å². The highest BCUT2D eigenvalue weighted by atomic mass is 16.3. The highest BCUT2D eigenvalue weighted by molar-refractivity contribution is 5.74. The van der Waals surface area contributed by atoms with Crippen LogP contribution < -0.4 is 0 Å². The molecule has 0 aromatic heterocycles. The summed E-state index contributed by atoms with van der Waals surface area (Å²) in [6.07, 6.45) is 9.67. The van der Waals surface area contributed by atoms with E-state index in [2.05, 4.69) is 6.08 Å². The van der Waals surface area contributed by atoms with Gasteiger partial charge in [0.2, 0.25) is 0 Å². The number of phenols is 1. The molecule has 2 N–H and O–H groups in total. The molecule has 0 spiro atoms. The molecule has 0 saturated carbocycles. The van der Waals surface area contributed by atoms with Gasteiger partial charge in [0.25, 0.3) is 0 Å². The van der Waals surface area contributed by atoms with Gasteiger partial charge in [0.15, 0.2) is 0 Å². The van der Waals surface area contributed by atoms with Crippen LogP contribution in [0.4, 0.5) is 0 Å². The molecule has 0 aliphatic heterocycles. The van der Waals surface area contributed by atoms with Crippen LogP contribution in [-0.4, -0.2) is 16.3 Å². The molecule has 2 heteroatoms. The molecule has 1 unspecified atom stereocenters. The maximum absolute atomic E-state index is 10.0.